The van der Waals surface area contributed by atoms with Crippen molar-refractivity contribution in [1.82, 2.24) is 10.2 Å². The molecule has 1 unspecified atom stereocenters. The second-order valence-corrected chi connectivity index (χ2v) is 8.27. The lowest BCUT2D eigenvalue weighted by atomic mass is 10.2. The van der Waals surface area contributed by atoms with Crippen LogP contribution in [-0.2, 0) is 33.3 Å². The molecule has 1 aliphatic heterocycles. The number of nitrogens with zero attached hydrogens (tertiary/aromatic N) is 1. The standard InChI is InChI=1S/C19H32N2O8S/c1-14(2)18(24)28-13-29-19(25)30-15(3)17(23)20-12-16(22)27-9-5-4-6-21-7-10-26-11-8-21/h14-15H,4-13H2,1-3H3,(H,20,23). The number of ether oxygens (including phenoxy) is 4. The Morgan fingerprint density at radius 3 is 2.40 bits per heavy atom. The Hall–Kier alpha value is -1.85. The lowest BCUT2D eigenvalue weighted by Gasteiger charge is -2.26. The lowest BCUT2D eigenvalue weighted by Crippen LogP contribution is -2.37. The van der Waals surface area contributed by atoms with Crippen LogP contribution in [-0.4, -0.2) is 86.1 Å². The van der Waals surface area contributed by atoms with E-state index < -0.39 is 35.2 Å². The Bertz CT molecular complexity index is 567. The maximum atomic E-state index is 12.0. The first kappa shape index (κ1) is 26.2. The van der Waals surface area contributed by atoms with Crippen molar-refractivity contribution in [2.45, 2.75) is 38.9 Å². The van der Waals surface area contributed by atoms with Crippen LogP contribution in [0.5, 0.6) is 0 Å². The molecule has 30 heavy (non-hydrogen) atoms. The Labute approximate surface area is 181 Å². The molecule has 0 aromatic heterocycles. The molecule has 10 nitrogen and oxygen atoms in total. The van der Waals surface area contributed by atoms with Gasteiger partial charge in [0, 0.05) is 13.1 Å². The number of esters is 2. The highest BCUT2D eigenvalue weighted by molar-refractivity contribution is 8.14. The topological polar surface area (TPSA) is 120 Å². The molecule has 0 bridgehead atoms. The fourth-order valence-electron chi connectivity index (χ4n) is 2.34. The van der Waals surface area contributed by atoms with Crippen molar-refractivity contribution in [3.8, 4) is 0 Å². The number of hydrogen-bond donors (Lipinski definition) is 1. The Balaban J connectivity index is 2.07. The number of amides is 1. The van der Waals surface area contributed by atoms with E-state index in [4.69, 9.17) is 18.9 Å². The predicted octanol–water partition coefficient (Wildman–Crippen LogP) is 1.17. The molecule has 1 fully saturated rings. The first-order chi connectivity index (χ1) is 14.3. The van der Waals surface area contributed by atoms with Gasteiger partial charge in [-0.2, -0.15) is 0 Å². The first-order valence-corrected chi connectivity index (χ1v) is 10.9. The monoisotopic (exact) mass is 448 g/mol. The van der Waals surface area contributed by atoms with Crippen molar-refractivity contribution in [2.24, 2.45) is 5.92 Å². The molecule has 1 amide bonds. The van der Waals surface area contributed by atoms with E-state index in [1.54, 1.807) is 13.8 Å². The van der Waals surface area contributed by atoms with Crippen LogP contribution in [0.2, 0.25) is 0 Å². The highest BCUT2D eigenvalue weighted by Gasteiger charge is 2.20. The Morgan fingerprint density at radius 2 is 1.73 bits per heavy atom. The Kier molecular flexibility index (Phi) is 13.1. The molecule has 11 heteroatoms. The summed E-state index contributed by atoms with van der Waals surface area (Å²) in [5.74, 6) is -1.85. The summed E-state index contributed by atoms with van der Waals surface area (Å²) in [7, 11) is 0. The molecule has 0 radical (unpaired) electrons. The van der Waals surface area contributed by atoms with Crippen molar-refractivity contribution in [1.29, 1.82) is 0 Å². The van der Waals surface area contributed by atoms with E-state index in [2.05, 4.69) is 10.2 Å². The van der Waals surface area contributed by atoms with E-state index in [9.17, 15) is 19.2 Å². The van der Waals surface area contributed by atoms with Crippen molar-refractivity contribution in [3.05, 3.63) is 0 Å². The molecule has 1 atom stereocenters. The van der Waals surface area contributed by atoms with Gasteiger partial charge in [0.25, 0.3) is 0 Å². The van der Waals surface area contributed by atoms with Crippen LogP contribution in [0.25, 0.3) is 0 Å². The number of thioether (sulfide) groups is 1. The van der Waals surface area contributed by atoms with Gasteiger partial charge in [0.2, 0.25) is 12.7 Å². The van der Waals surface area contributed by atoms with Crippen molar-refractivity contribution in [2.75, 3.05) is 52.8 Å². The van der Waals surface area contributed by atoms with Gasteiger partial charge in [-0.1, -0.05) is 13.8 Å². The summed E-state index contributed by atoms with van der Waals surface area (Å²) in [6.07, 6.45) is 1.67. The van der Waals surface area contributed by atoms with E-state index in [-0.39, 0.29) is 12.5 Å². The molecule has 172 valence electrons. The molecule has 0 aromatic rings. The quantitative estimate of drug-likeness (QED) is 0.265. The molecule has 1 saturated heterocycles. The third kappa shape index (κ3) is 12.0. The van der Waals surface area contributed by atoms with Crippen LogP contribution in [0.3, 0.4) is 0 Å². The minimum Gasteiger partial charge on any atom is -0.464 e. The summed E-state index contributed by atoms with van der Waals surface area (Å²) in [5.41, 5.74) is 0. The highest BCUT2D eigenvalue weighted by Crippen LogP contribution is 2.14. The molecular weight excluding hydrogens is 416 g/mol. The minimum atomic E-state index is -0.778. The molecule has 1 aliphatic rings. The summed E-state index contributed by atoms with van der Waals surface area (Å²) in [5, 5.41) is 0.889. The van der Waals surface area contributed by atoms with E-state index in [0.29, 0.717) is 18.4 Å². The normalized spacial score (nSPS) is 15.3. The zero-order valence-electron chi connectivity index (χ0n) is 17.8. The van der Waals surface area contributed by atoms with Gasteiger partial charge in [-0.15, -0.1) is 0 Å². The van der Waals surface area contributed by atoms with Gasteiger partial charge >= 0.3 is 17.2 Å². The lowest BCUT2D eigenvalue weighted by molar-refractivity contribution is -0.155. The first-order valence-electron chi connectivity index (χ1n) is 10.0. The summed E-state index contributed by atoms with van der Waals surface area (Å²) in [4.78, 5) is 48.9. The third-order valence-electron chi connectivity index (χ3n) is 4.13. The number of nitrogens with one attached hydrogen (secondary N) is 1. The van der Waals surface area contributed by atoms with Crippen LogP contribution >= 0.6 is 11.8 Å². The van der Waals surface area contributed by atoms with Crippen molar-refractivity contribution in [3.63, 3.8) is 0 Å². The number of hydrogen-bond acceptors (Lipinski definition) is 10. The van der Waals surface area contributed by atoms with Crippen LogP contribution in [0, 0.1) is 5.92 Å². The van der Waals surface area contributed by atoms with Crippen molar-refractivity contribution >= 4 is 34.9 Å². The molecule has 1 rings (SSSR count). The molecule has 1 heterocycles. The van der Waals surface area contributed by atoms with Crippen LogP contribution < -0.4 is 5.32 Å². The SMILES string of the molecule is CC(C)C(=O)OCOC(=O)SC(C)C(=O)NCC(=O)OCCCCN1CCOCC1. The van der Waals surface area contributed by atoms with Gasteiger partial charge in [0.05, 0.1) is 31.0 Å². The molecule has 0 aliphatic carbocycles. The largest absolute Gasteiger partial charge is 0.464 e. The molecule has 0 saturated carbocycles. The third-order valence-corrected chi connectivity index (χ3v) is 5.01. The van der Waals surface area contributed by atoms with Crippen molar-refractivity contribution < 1.29 is 38.1 Å². The van der Waals surface area contributed by atoms with Crippen LogP contribution in [0.15, 0.2) is 0 Å². The van der Waals surface area contributed by atoms with Crippen LogP contribution in [0.4, 0.5) is 4.79 Å². The van der Waals surface area contributed by atoms with Gasteiger partial charge in [-0.3, -0.25) is 19.3 Å². The van der Waals surface area contributed by atoms with E-state index >= 15 is 0 Å². The molecular formula is C19H32N2O8S. The zero-order valence-corrected chi connectivity index (χ0v) is 18.7. The molecule has 0 aromatic carbocycles. The van der Waals surface area contributed by atoms with Crippen LogP contribution in [0.1, 0.15) is 33.6 Å². The molecule has 0 spiro atoms. The van der Waals surface area contributed by atoms with Gasteiger partial charge in [0.1, 0.15) is 6.54 Å². The Morgan fingerprint density at radius 1 is 1.03 bits per heavy atom. The predicted molar refractivity (Wildman–Crippen MR) is 110 cm³/mol. The van der Waals surface area contributed by atoms with Gasteiger partial charge in [-0.05, 0) is 38.1 Å². The maximum Gasteiger partial charge on any atom is 0.370 e. The summed E-state index contributed by atoms with van der Waals surface area (Å²) in [6, 6.07) is 0. The fourth-order valence-corrected chi connectivity index (χ4v) is 2.93. The minimum absolute atomic E-state index is 0.270. The smallest absolute Gasteiger partial charge is 0.370 e. The number of carbonyl (C=O) groups is 4. The number of morpholine rings is 1. The average molecular weight is 449 g/mol. The van der Waals surface area contributed by atoms with Gasteiger partial charge < -0.3 is 24.3 Å². The number of unbranched alkanes of at least 4 members (excludes halogenated alkanes) is 1. The van der Waals surface area contributed by atoms with Gasteiger partial charge in [0.15, 0.2) is 0 Å². The van der Waals surface area contributed by atoms with E-state index in [1.807, 2.05) is 0 Å². The number of rotatable bonds is 12. The summed E-state index contributed by atoms with van der Waals surface area (Å²) in [6.45, 7) is 8.65. The summed E-state index contributed by atoms with van der Waals surface area (Å²) < 4.78 is 19.8. The maximum absolute atomic E-state index is 12.0. The highest BCUT2D eigenvalue weighted by atomic mass is 32.2. The fraction of sp³-hybridized carbons (Fsp3) is 0.789. The second-order valence-electron chi connectivity index (χ2n) is 6.99. The van der Waals surface area contributed by atoms with E-state index in [1.165, 1.54) is 6.92 Å². The van der Waals surface area contributed by atoms with Gasteiger partial charge in [-0.25, -0.2) is 4.79 Å². The number of carbonyl (C=O) groups excluding carboxylic acids is 4. The molecule has 1 N–H and O–H groups in total. The summed E-state index contributed by atoms with van der Waals surface area (Å²) >= 11 is 0.627. The average Bonchev–Trinajstić information content (AvgIpc) is 2.72. The second kappa shape index (κ2) is 15.0. The zero-order chi connectivity index (χ0) is 22.4. The van der Waals surface area contributed by atoms with E-state index in [0.717, 1.165) is 45.7 Å².